The first kappa shape index (κ1) is 20.4. The number of likely N-dealkylation sites (tertiary alicyclic amines) is 1. The van der Waals surface area contributed by atoms with E-state index in [1.54, 1.807) is 0 Å². The van der Waals surface area contributed by atoms with Gasteiger partial charge in [-0.2, -0.15) is 0 Å². The van der Waals surface area contributed by atoms with Crippen molar-refractivity contribution in [3.05, 3.63) is 0 Å². The molecular weight excluding hydrogens is 352 g/mol. The quantitative estimate of drug-likeness (QED) is 0.483. The van der Waals surface area contributed by atoms with Gasteiger partial charge in [0.05, 0.1) is 18.8 Å². The number of piperidine rings is 1. The van der Waals surface area contributed by atoms with Crippen molar-refractivity contribution in [1.29, 1.82) is 0 Å². The SMILES string of the molecule is CN=C(NCCN(CC1CC1)C1CC1)N1CCC(OCC2CCCCO2)CC1. The highest BCUT2D eigenvalue weighted by atomic mass is 16.5. The van der Waals surface area contributed by atoms with Crippen LogP contribution in [-0.2, 0) is 9.47 Å². The summed E-state index contributed by atoms with van der Waals surface area (Å²) >= 11 is 0. The van der Waals surface area contributed by atoms with Crippen molar-refractivity contribution >= 4 is 5.96 Å². The molecule has 0 radical (unpaired) electrons. The minimum atomic E-state index is 0.325. The van der Waals surface area contributed by atoms with Crippen LogP contribution in [0.15, 0.2) is 4.99 Å². The zero-order valence-electron chi connectivity index (χ0n) is 17.8. The molecule has 28 heavy (non-hydrogen) atoms. The van der Waals surface area contributed by atoms with E-state index >= 15 is 0 Å². The number of hydrogen-bond acceptors (Lipinski definition) is 4. The van der Waals surface area contributed by atoms with E-state index in [0.29, 0.717) is 12.2 Å². The Hall–Kier alpha value is -0.850. The summed E-state index contributed by atoms with van der Waals surface area (Å²) in [6.07, 6.45) is 12.2. The Bertz CT molecular complexity index is 493. The molecule has 4 fully saturated rings. The van der Waals surface area contributed by atoms with Crippen molar-refractivity contribution in [1.82, 2.24) is 15.1 Å². The zero-order valence-corrected chi connectivity index (χ0v) is 17.8. The van der Waals surface area contributed by atoms with Gasteiger partial charge >= 0.3 is 0 Å². The highest BCUT2D eigenvalue weighted by Crippen LogP contribution is 2.34. The number of aliphatic imine (C=N–C) groups is 1. The van der Waals surface area contributed by atoms with E-state index in [9.17, 15) is 0 Å². The summed E-state index contributed by atoms with van der Waals surface area (Å²) < 4.78 is 11.9. The van der Waals surface area contributed by atoms with Gasteiger partial charge in [-0.1, -0.05) is 0 Å². The van der Waals surface area contributed by atoms with Gasteiger partial charge in [-0.15, -0.1) is 0 Å². The summed E-state index contributed by atoms with van der Waals surface area (Å²) in [4.78, 5) is 9.65. The van der Waals surface area contributed by atoms with Gasteiger partial charge in [0.15, 0.2) is 5.96 Å². The van der Waals surface area contributed by atoms with Gasteiger partial charge in [-0.25, -0.2) is 0 Å². The molecule has 0 amide bonds. The first-order valence-corrected chi connectivity index (χ1v) is 11.7. The maximum absolute atomic E-state index is 6.15. The third kappa shape index (κ3) is 6.33. The normalized spacial score (nSPS) is 27.4. The molecule has 2 saturated heterocycles. The number of rotatable bonds is 9. The van der Waals surface area contributed by atoms with E-state index in [2.05, 4.69) is 20.1 Å². The Balaban J connectivity index is 1.12. The van der Waals surface area contributed by atoms with E-state index in [1.807, 2.05) is 7.05 Å². The van der Waals surface area contributed by atoms with Gasteiger partial charge in [-0.05, 0) is 63.7 Å². The molecule has 6 nitrogen and oxygen atoms in total. The molecule has 6 heteroatoms. The molecule has 0 aromatic carbocycles. The Morgan fingerprint density at radius 1 is 1.11 bits per heavy atom. The predicted molar refractivity (Wildman–Crippen MR) is 113 cm³/mol. The summed E-state index contributed by atoms with van der Waals surface area (Å²) in [5, 5.41) is 3.62. The average Bonchev–Trinajstić information content (AvgIpc) is 3.64. The smallest absolute Gasteiger partial charge is 0.193 e. The van der Waals surface area contributed by atoms with Crippen molar-refractivity contribution in [2.45, 2.75) is 76.0 Å². The Labute approximate surface area is 171 Å². The summed E-state index contributed by atoms with van der Waals surface area (Å²) in [7, 11) is 1.91. The van der Waals surface area contributed by atoms with Crippen molar-refractivity contribution < 1.29 is 9.47 Å². The van der Waals surface area contributed by atoms with Crippen LogP contribution in [0.2, 0.25) is 0 Å². The molecule has 0 aromatic heterocycles. The molecule has 0 spiro atoms. The lowest BCUT2D eigenvalue weighted by Gasteiger charge is -2.35. The van der Waals surface area contributed by atoms with Gasteiger partial charge in [0.2, 0.25) is 0 Å². The molecule has 0 aromatic rings. The second-order valence-corrected chi connectivity index (χ2v) is 9.15. The molecule has 1 atom stereocenters. The molecule has 1 N–H and O–H groups in total. The van der Waals surface area contributed by atoms with Gasteiger partial charge in [0.25, 0.3) is 0 Å². The van der Waals surface area contributed by atoms with Crippen molar-refractivity contribution in [2.75, 3.05) is 53.0 Å². The Morgan fingerprint density at radius 2 is 1.93 bits per heavy atom. The van der Waals surface area contributed by atoms with Crippen LogP contribution < -0.4 is 5.32 Å². The van der Waals surface area contributed by atoms with Crippen molar-refractivity contribution in [3.8, 4) is 0 Å². The fourth-order valence-electron chi connectivity index (χ4n) is 4.55. The van der Waals surface area contributed by atoms with Crippen LogP contribution in [0.3, 0.4) is 0 Å². The van der Waals surface area contributed by atoms with Gasteiger partial charge in [0, 0.05) is 52.4 Å². The van der Waals surface area contributed by atoms with Crippen molar-refractivity contribution in [3.63, 3.8) is 0 Å². The fourth-order valence-corrected chi connectivity index (χ4v) is 4.55. The topological polar surface area (TPSA) is 49.3 Å². The minimum absolute atomic E-state index is 0.325. The highest BCUT2D eigenvalue weighted by molar-refractivity contribution is 5.79. The maximum atomic E-state index is 6.15. The number of guanidine groups is 1. The summed E-state index contributed by atoms with van der Waals surface area (Å²) in [5.41, 5.74) is 0. The average molecular weight is 393 g/mol. The van der Waals surface area contributed by atoms with Gasteiger partial charge < -0.3 is 19.7 Å². The molecule has 2 heterocycles. The minimum Gasteiger partial charge on any atom is -0.376 e. The second-order valence-electron chi connectivity index (χ2n) is 9.15. The lowest BCUT2D eigenvalue weighted by Crippen LogP contribution is -2.49. The van der Waals surface area contributed by atoms with E-state index in [-0.39, 0.29) is 0 Å². The number of ether oxygens (including phenoxy) is 2. The van der Waals surface area contributed by atoms with E-state index in [0.717, 1.165) is 76.6 Å². The van der Waals surface area contributed by atoms with Crippen LogP contribution in [0.4, 0.5) is 0 Å². The highest BCUT2D eigenvalue weighted by Gasteiger charge is 2.33. The second kappa shape index (κ2) is 10.3. The van der Waals surface area contributed by atoms with Crippen LogP contribution in [0.1, 0.15) is 57.8 Å². The third-order valence-corrected chi connectivity index (χ3v) is 6.68. The molecule has 4 rings (SSSR count). The molecule has 2 aliphatic carbocycles. The Kier molecular flexibility index (Phi) is 7.48. The fraction of sp³-hybridized carbons (Fsp3) is 0.955. The van der Waals surface area contributed by atoms with Crippen LogP contribution in [0.25, 0.3) is 0 Å². The van der Waals surface area contributed by atoms with Gasteiger partial charge in [0.1, 0.15) is 0 Å². The predicted octanol–water partition coefficient (Wildman–Crippen LogP) is 2.49. The van der Waals surface area contributed by atoms with Crippen LogP contribution in [0.5, 0.6) is 0 Å². The Morgan fingerprint density at radius 3 is 2.57 bits per heavy atom. The van der Waals surface area contributed by atoms with Crippen molar-refractivity contribution in [2.24, 2.45) is 10.9 Å². The zero-order chi connectivity index (χ0) is 19.2. The molecule has 2 aliphatic heterocycles. The molecule has 1 unspecified atom stereocenters. The molecule has 160 valence electrons. The molecule has 0 bridgehead atoms. The number of hydrogen-bond donors (Lipinski definition) is 1. The standard InChI is InChI=1S/C22H40N4O2/c1-23-22(24-11-14-26(19-7-8-19)16-18-5-6-18)25-12-9-20(10-13-25)28-17-21-4-2-3-15-27-21/h18-21H,2-17H2,1H3,(H,23,24). The largest absolute Gasteiger partial charge is 0.376 e. The van der Waals surface area contributed by atoms with E-state index in [4.69, 9.17) is 9.47 Å². The van der Waals surface area contributed by atoms with Gasteiger partial charge in [-0.3, -0.25) is 9.89 Å². The van der Waals surface area contributed by atoms with Crippen LogP contribution in [-0.4, -0.2) is 87.0 Å². The first-order valence-electron chi connectivity index (χ1n) is 11.7. The molecule has 4 aliphatic rings. The van der Waals surface area contributed by atoms with Crippen LogP contribution >= 0.6 is 0 Å². The third-order valence-electron chi connectivity index (χ3n) is 6.68. The summed E-state index contributed by atoms with van der Waals surface area (Å²) in [6.45, 7) is 7.22. The first-order chi connectivity index (χ1) is 13.8. The monoisotopic (exact) mass is 392 g/mol. The lowest BCUT2D eigenvalue weighted by molar-refractivity contribution is -0.0721. The summed E-state index contributed by atoms with van der Waals surface area (Å²) in [6, 6.07) is 0.866. The molecular formula is C22H40N4O2. The van der Waals surface area contributed by atoms with E-state index < -0.39 is 0 Å². The maximum Gasteiger partial charge on any atom is 0.193 e. The number of nitrogens with one attached hydrogen (secondary N) is 1. The van der Waals surface area contributed by atoms with Crippen LogP contribution in [0, 0.1) is 5.92 Å². The number of nitrogens with zero attached hydrogens (tertiary/aromatic N) is 3. The lowest BCUT2D eigenvalue weighted by atomic mass is 10.1. The van der Waals surface area contributed by atoms with E-state index in [1.165, 1.54) is 45.1 Å². The molecule has 2 saturated carbocycles. The summed E-state index contributed by atoms with van der Waals surface area (Å²) in [5.74, 6) is 2.05.